The summed E-state index contributed by atoms with van der Waals surface area (Å²) in [6.07, 6.45) is 2.05. The van der Waals surface area contributed by atoms with Crippen LogP contribution in [0.15, 0.2) is 95.4 Å². The molecule has 0 saturated carbocycles. The first kappa shape index (κ1) is 19.9. The average molecular weight is 413 g/mol. The molecule has 0 spiro atoms. The predicted molar refractivity (Wildman–Crippen MR) is 128 cm³/mol. The molecule has 150 valence electrons. The minimum Gasteiger partial charge on any atom is -0.481 e. The Bertz CT molecular complexity index is 1160. The first-order valence-electron chi connectivity index (χ1n) is 10.1. The molecular weight excluding hydrogens is 386 g/mol. The molecule has 0 aliphatic heterocycles. The second-order valence-electron chi connectivity index (χ2n) is 8.32. The minimum absolute atomic E-state index is 0.0189. The molecule has 0 bridgehead atoms. The third-order valence-corrected chi connectivity index (χ3v) is 6.98. The Hall–Kier alpha value is -3.37. The molecule has 0 radical (unpaired) electrons. The van der Waals surface area contributed by atoms with E-state index >= 15 is 0 Å². The summed E-state index contributed by atoms with van der Waals surface area (Å²) in [5.41, 5.74) is 4.01. The van der Waals surface area contributed by atoms with E-state index in [1.807, 2.05) is 77.5 Å². The molecule has 0 aliphatic rings. The molecule has 0 aliphatic carbocycles. The summed E-state index contributed by atoms with van der Waals surface area (Å²) in [5.74, 6) is 0.650. The third-order valence-electron chi connectivity index (χ3n) is 5.01. The molecular formula is C26H26NO2Si+. The van der Waals surface area contributed by atoms with Crippen LogP contribution in [-0.2, 0) is 0 Å². The second kappa shape index (κ2) is 8.17. The van der Waals surface area contributed by atoms with E-state index in [2.05, 4.69) is 43.9 Å². The lowest BCUT2D eigenvalue weighted by Gasteiger charge is -2.16. The molecule has 1 heterocycles. The van der Waals surface area contributed by atoms with Gasteiger partial charge in [0.15, 0.2) is 6.21 Å². The number of aromatic hydroxyl groups is 1. The van der Waals surface area contributed by atoms with E-state index in [-0.39, 0.29) is 5.95 Å². The van der Waals surface area contributed by atoms with Gasteiger partial charge in [-0.1, -0.05) is 86.4 Å². The molecule has 4 rings (SSSR count). The van der Waals surface area contributed by atoms with Crippen LogP contribution in [0.5, 0.6) is 5.95 Å². The summed E-state index contributed by atoms with van der Waals surface area (Å²) in [6, 6.07) is 30.4. The number of para-hydroxylation sites is 1. The fourth-order valence-corrected chi connectivity index (χ4v) is 5.37. The fourth-order valence-electron chi connectivity index (χ4n) is 3.67. The smallest absolute Gasteiger partial charge is 0.389 e. The van der Waals surface area contributed by atoms with Crippen molar-refractivity contribution in [3.05, 3.63) is 96.6 Å². The SMILES string of the molecule is C[Si](C)(C)c1c(O)oc(/[N+](=C/c2ccccc2)c2ccccc2)c1-c1ccccc1. The quantitative estimate of drug-likeness (QED) is 0.242. The van der Waals surface area contributed by atoms with Crippen molar-refractivity contribution in [1.82, 2.24) is 4.58 Å². The average Bonchev–Trinajstić information content (AvgIpc) is 3.11. The van der Waals surface area contributed by atoms with Gasteiger partial charge in [0.2, 0.25) is 5.69 Å². The number of hydrogen-bond acceptors (Lipinski definition) is 2. The number of furan rings is 1. The highest BCUT2D eigenvalue weighted by molar-refractivity contribution is 6.90. The Morgan fingerprint density at radius 2 is 1.30 bits per heavy atom. The van der Waals surface area contributed by atoms with Gasteiger partial charge in [0, 0.05) is 22.9 Å². The van der Waals surface area contributed by atoms with Crippen LogP contribution in [0.4, 0.5) is 11.6 Å². The fraction of sp³-hybridized carbons (Fsp3) is 0.115. The third kappa shape index (κ3) is 4.00. The molecule has 3 nitrogen and oxygen atoms in total. The van der Waals surface area contributed by atoms with E-state index in [9.17, 15) is 5.11 Å². The first-order chi connectivity index (χ1) is 14.4. The van der Waals surface area contributed by atoms with Gasteiger partial charge >= 0.3 is 5.88 Å². The summed E-state index contributed by atoms with van der Waals surface area (Å²) >= 11 is 0. The van der Waals surface area contributed by atoms with E-state index in [1.54, 1.807) is 0 Å². The topological polar surface area (TPSA) is 36.4 Å². The Kier molecular flexibility index (Phi) is 5.42. The van der Waals surface area contributed by atoms with Gasteiger partial charge in [-0.15, -0.1) is 4.58 Å². The lowest BCUT2D eigenvalue weighted by atomic mass is 10.1. The van der Waals surface area contributed by atoms with Crippen LogP contribution >= 0.6 is 0 Å². The molecule has 0 unspecified atom stereocenters. The van der Waals surface area contributed by atoms with Crippen LogP contribution in [0.2, 0.25) is 19.6 Å². The van der Waals surface area contributed by atoms with Crippen molar-refractivity contribution in [3.8, 4) is 17.1 Å². The highest BCUT2D eigenvalue weighted by Gasteiger charge is 2.36. The van der Waals surface area contributed by atoms with Crippen LogP contribution in [0, 0.1) is 0 Å². The molecule has 30 heavy (non-hydrogen) atoms. The van der Waals surface area contributed by atoms with Crippen molar-refractivity contribution >= 4 is 31.0 Å². The first-order valence-corrected chi connectivity index (χ1v) is 13.6. The Morgan fingerprint density at radius 3 is 1.87 bits per heavy atom. The zero-order valence-electron chi connectivity index (χ0n) is 17.5. The maximum Gasteiger partial charge on any atom is 0.389 e. The highest BCUT2D eigenvalue weighted by Crippen LogP contribution is 2.38. The highest BCUT2D eigenvalue weighted by atomic mass is 28.3. The van der Waals surface area contributed by atoms with Crippen LogP contribution in [0.3, 0.4) is 0 Å². The number of rotatable bonds is 5. The van der Waals surface area contributed by atoms with E-state index in [4.69, 9.17) is 4.42 Å². The zero-order valence-corrected chi connectivity index (χ0v) is 18.5. The van der Waals surface area contributed by atoms with Gasteiger partial charge in [0.1, 0.15) is 5.56 Å². The van der Waals surface area contributed by atoms with E-state index in [0.29, 0.717) is 5.88 Å². The monoisotopic (exact) mass is 412 g/mol. The van der Waals surface area contributed by atoms with Crippen molar-refractivity contribution in [1.29, 1.82) is 0 Å². The van der Waals surface area contributed by atoms with Gasteiger partial charge in [-0.2, -0.15) is 0 Å². The molecule has 1 aromatic heterocycles. The van der Waals surface area contributed by atoms with Crippen molar-refractivity contribution in [3.63, 3.8) is 0 Å². The molecule has 0 atom stereocenters. The molecule has 4 heteroatoms. The van der Waals surface area contributed by atoms with Gasteiger partial charge in [0.25, 0.3) is 5.95 Å². The maximum absolute atomic E-state index is 10.9. The summed E-state index contributed by atoms with van der Waals surface area (Å²) in [4.78, 5) is 0. The largest absolute Gasteiger partial charge is 0.481 e. The normalized spacial score (nSPS) is 12.2. The Balaban J connectivity index is 2.04. The van der Waals surface area contributed by atoms with Crippen LogP contribution in [-0.4, -0.2) is 19.4 Å². The standard InChI is InChI=1S/C26H25NO2Si/c1-30(2,3)24-23(21-15-9-5-10-16-21)25(29-26(24)28)27(22-17-11-6-12-18-22)19-20-13-7-4-8-14-20/h4-19H,1-3H3/p+1/b27-19+. The molecule has 0 fully saturated rings. The molecule has 0 amide bonds. The van der Waals surface area contributed by atoms with E-state index in [0.717, 1.165) is 27.6 Å². The van der Waals surface area contributed by atoms with Gasteiger partial charge in [-0.25, -0.2) is 0 Å². The van der Waals surface area contributed by atoms with Crippen molar-refractivity contribution in [2.24, 2.45) is 0 Å². The second-order valence-corrected chi connectivity index (χ2v) is 13.3. The van der Waals surface area contributed by atoms with Crippen molar-refractivity contribution < 1.29 is 9.52 Å². The van der Waals surface area contributed by atoms with Gasteiger partial charge in [-0.05, 0) is 17.7 Å². The Morgan fingerprint density at radius 1 is 0.767 bits per heavy atom. The van der Waals surface area contributed by atoms with Crippen molar-refractivity contribution in [2.45, 2.75) is 19.6 Å². The predicted octanol–water partition coefficient (Wildman–Crippen LogP) is 6.15. The van der Waals surface area contributed by atoms with Crippen LogP contribution in [0.25, 0.3) is 11.1 Å². The number of benzene rings is 3. The summed E-state index contributed by atoms with van der Waals surface area (Å²) in [6.45, 7) is 6.67. The maximum atomic E-state index is 10.9. The lowest BCUT2D eigenvalue weighted by Crippen LogP contribution is -2.38. The lowest BCUT2D eigenvalue weighted by molar-refractivity contribution is 0.336. The van der Waals surface area contributed by atoms with Gasteiger partial charge in [0.05, 0.1) is 8.07 Å². The molecule has 4 aromatic rings. The van der Waals surface area contributed by atoms with E-state index in [1.165, 1.54) is 0 Å². The van der Waals surface area contributed by atoms with Crippen molar-refractivity contribution in [2.75, 3.05) is 0 Å². The van der Waals surface area contributed by atoms with E-state index < -0.39 is 8.07 Å². The van der Waals surface area contributed by atoms with Crippen LogP contribution in [0.1, 0.15) is 5.56 Å². The molecule has 3 aromatic carbocycles. The zero-order chi connectivity index (χ0) is 21.1. The minimum atomic E-state index is -1.91. The summed E-state index contributed by atoms with van der Waals surface area (Å²) in [7, 11) is -1.91. The number of hydrogen-bond donors (Lipinski definition) is 1. The van der Waals surface area contributed by atoms with Gasteiger partial charge < -0.3 is 9.52 Å². The summed E-state index contributed by atoms with van der Waals surface area (Å²) in [5, 5.41) is 11.8. The van der Waals surface area contributed by atoms with Gasteiger partial charge in [-0.3, -0.25) is 0 Å². The van der Waals surface area contributed by atoms with Crippen LogP contribution < -0.4 is 9.76 Å². The number of nitrogens with zero attached hydrogens (tertiary/aromatic N) is 1. The molecule has 1 N–H and O–H groups in total. The summed E-state index contributed by atoms with van der Waals surface area (Å²) < 4.78 is 8.13. The molecule has 0 saturated heterocycles. The Labute approximate surface area is 178 Å².